The predicted molar refractivity (Wildman–Crippen MR) is 140 cm³/mol. The smallest absolute Gasteiger partial charge is 0.338 e. The fourth-order valence-electron chi connectivity index (χ4n) is 4.12. The van der Waals surface area contributed by atoms with Crippen LogP contribution in [0.15, 0.2) is 69.6 Å². The van der Waals surface area contributed by atoms with Crippen LogP contribution in [0, 0.1) is 0 Å². The van der Waals surface area contributed by atoms with Gasteiger partial charge in [0, 0.05) is 0 Å². The first kappa shape index (κ1) is 25.4. The predicted octanol–water partition coefficient (Wildman–Crippen LogP) is 3.99. The van der Waals surface area contributed by atoms with Gasteiger partial charge in [-0.25, -0.2) is 9.79 Å². The van der Waals surface area contributed by atoms with E-state index in [9.17, 15) is 9.59 Å². The van der Waals surface area contributed by atoms with Crippen molar-refractivity contribution >= 4 is 23.4 Å². The summed E-state index contributed by atoms with van der Waals surface area (Å²) in [5.74, 6) is 0.826. The van der Waals surface area contributed by atoms with Crippen molar-refractivity contribution in [3.8, 4) is 11.5 Å². The zero-order valence-electron chi connectivity index (χ0n) is 20.9. The maximum absolute atomic E-state index is 13.7. The molecule has 8 heteroatoms. The van der Waals surface area contributed by atoms with Crippen LogP contribution in [0.5, 0.6) is 11.5 Å². The molecule has 0 saturated heterocycles. The molecule has 0 spiro atoms. The molecule has 0 N–H and O–H groups in total. The van der Waals surface area contributed by atoms with Gasteiger partial charge in [0.25, 0.3) is 5.56 Å². The van der Waals surface area contributed by atoms with Gasteiger partial charge in [-0.05, 0) is 49.6 Å². The Hall–Kier alpha value is -3.65. The highest BCUT2D eigenvalue weighted by Gasteiger charge is 2.32. The molecule has 0 bridgehead atoms. The quantitative estimate of drug-likeness (QED) is 0.324. The minimum absolute atomic E-state index is 0.220. The second-order valence-corrected chi connectivity index (χ2v) is 9.33. The summed E-state index contributed by atoms with van der Waals surface area (Å²) in [5, 5.41) is 0. The van der Waals surface area contributed by atoms with Gasteiger partial charge in [-0.1, -0.05) is 61.1 Å². The molecule has 0 radical (unpaired) electrons. The molecule has 1 aromatic heterocycles. The molecular formula is C28H30N2O5S. The highest BCUT2D eigenvalue weighted by molar-refractivity contribution is 7.07. The third-order valence-electron chi connectivity index (χ3n) is 5.86. The number of carbonyl (C=O) groups excluding carboxylic acids is 1. The molecule has 3 aromatic rings. The fourth-order valence-corrected chi connectivity index (χ4v) is 5.17. The first-order valence-electron chi connectivity index (χ1n) is 12.0. The minimum atomic E-state index is -0.620. The van der Waals surface area contributed by atoms with Gasteiger partial charge < -0.3 is 14.2 Å². The Morgan fingerprint density at radius 3 is 2.58 bits per heavy atom. The number of hydrogen-bond donors (Lipinski definition) is 0. The summed E-state index contributed by atoms with van der Waals surface area (Å²) >= 11 is 1.29. The monoisotopic (exact) mass is 506 g/mol. The van der Waals surface area contributed by atoms with Gasteiger partial charge in [0.1, 0.15) is 0 Å². The van der Waals surface area contributed by atoms with Gasteiger partial charge in [-0.3, -0.25) is 9.36 Å². The van der Waals surface area contributed by atoms with Gasteiger partial charge in [-0.15, -0.1) is 0 Å². The molecule has 1 aliphatic rings. The molecule has 0 saturated carbocycles. The van der Waals surface area contributed by atoms with Gasteiger partial charge in [0.15, 0.2) is 16.3 Å². The fraction of sp³-hybridized carbons (Fsp3) is 0.321. The number of hydrogen-bond acceptors (Lipinski definition) is 7. The van der Waals surface area contributed by atoms with Crippen LogP contribution in [0.1, 0.15) is 50.8 Å². The number of methoxy groups -OCH3 is 1. The number of rotatable bonds is 9. The number of allylic oxidation sites excluding steroid dienone is 1. The van der Waals surface area contributed by atoms with E-state index in [0.717, 1.165) is 24.0 Å². The topological polar surface area (TPSA) is 79.1 Å². The molecule has 2 heterocycles. The molecule has 188 valence electrons. The highest BCUT2D eigenvalue weighted by atomic mass is 32.1. The molecule has 4 rings (SSSR count). The van der Waals surface area contributed by atoms with Crippen LogP contribution in [-0.4, -0.2) is 30.9 Å². The lowest BCUT2D eigenvalue weighted by Gasteiger charge is -2.24. The largest absolute Gasteiger partial charge is 0.490 e. The van der Waals surface area contributed by atoms with Crippen LogP contribution >= 0.6 is 11.3 Å². The zero-order valence-corrected chi connectivity index (χ0v) is 21.8. The van der Waals surface area contributed by atoms with E-state index >= 15 is 0 Å². The van der Waals surface area contributed by atoms with E-state index in [-0.39, 0.29) is 5.56 Å². The molecule has 7 nitrogen and oxygen atoms in total. The number of esters is 1. The lowest BCUT2D eigenvalue weighted by Crippen LogP contribution is -2.39. The maximum Gasteiger partial charge on any atom is 0.338 e. The number of unbranched alkanes of at least 4 members (excludes halogenated alkanes) is 1. The van der Waals surface area contributed by atoms with Crippen molar-refractivity contribution in [3.05, 3.63) is 90.6 Å². The number of benzene rings is 2. The highest BCUT2D eigenvalue weighted by Crippen LogP contribution is 2.31. The van der Waals surface area contributed by atoms with Gasteiger partial charge in [0.2, 0.25) is 0 Å². The summed E-state index contributed by atoms with van der Waals surface area (Å²) in [6.45, 7) is 6.93. The lowest BCUT2D eigenvalue weighted by atomic mass is 9.96. The van der Waals surface area contributed by atoms with Crippen LogP contribution < -0.4 is 24.4 Å². The van der Waals surface area contributed by atoms with E-state index in [1.807, 2.05) is 61.5 Å². The van der Waals surface area contributed by atoms with E-state index in [1.54, 1.807) is 11.5 Å². The molecule has 1 atom stereocenters. The van der Waals surface area contributed by atoms with Crippen LogP contribution in [0.3, 0.4) is 0 Å². The second-order valence-electron chi connectivity index (χ2n) is 8.33. The van der Waals surface area contributed by atoms with E-state index < -0.39 is 12.0 Å². The second kappa shape index (κ2) is 11.4. The Bertz CT molecular complexity index is 1450. The number of aromatic nitrogens is 1. The molecule has 1 aliphatic heterocycles. The van der Waals surface area contributed by atoms with Crippen molar-refractivity contribution in [3.63, 3.8) is 0 Å². The van der Waals surface area contributed by atoms with Crippen molar-refractivity contribution in [1.29, 1.82) is 0 Å². The van der Waals surface area contributed by atoms with Crippen molar-refractivity contribution in [2.45, 2.75) is 39.7 Å². The van der Waals surface area contributed by atoms with Gasteiger partial charge in [-0.2, -0.15) is 0 Å². The summed E-state index contributed by atoms with van der Waals surface area (Å²) < 4.78 is 18.8. The number of fused-ring (bicyclic) bond motifs is 1. The summed E-state index contributed by atoms with van der Waals surface area (Å²) in [6, 6.07) is 14.5. The molecular weight excluding hydrogens is 476 g/mol. The minimum Gasteiger partial charge on any atom is -0.490 e. The third kappa shape index (κ3) is 5.14. The Labute approximate surface area is 214 Å². The third-order valence-corrected chi connectivity index (χ3v) is 6.85. The number of thiazole rings is 1. The Kier molecular flexibility index (Phi) is 8.05. The van der Waals surface area contributed by atoms with Crippen LogP contribution in [0.25, 0.3) is 6.08 Å². The Morgan fingerprint density at radius 1 is 1.11 bits per heavy atom. The molecule has 2 aromatic carbocycles. The molecule has 36 heavy (non-hydrogen) atoms. The Balaban J connectivity index is 1.82. The van der Waals surface area contributed by atoms with Crippen molar-refractivity contribution < 1.29 is 19.0 Å². The average molecular weight is 507 g/mol. The van der Waals surface area contributed by atoms with Crippen molar-refractivity contribution in [2.24, 2.45) is 4.99 Å². The van der Waals surface area contributed by atoms with E-state index in [0.29, 0.717) is 45.3 Å². The van der Waals surface area contributed by atoms with Crippen LogP contribution in [-0.2, 0) is 9.53 Å². The number of nitrogens with zero attached hydrogens (tertiary/aromatic N) is 2. The average Bonchev–Trinajstić information content (AvgIpc) is 3.19. The molecule has 0 aliphatic carbocycles. The van der Waals surface area contributed by atoms with Crippen molar-refractivity contribution in [1.82, 2.24) is 4.57 Å². The number of carbonyl (C=O) groups is 1. The molecule has 0 amide bonds. The number of ether oxygens (including phenoxy) is 3. The van der Waals surface area contributed by atoms with Gasteiger partial charge in [0.05, 0.1) is 42.2 Å². The Morgan fingerprint density at radius 2 is 1.89 bits per heavy atom. The SMILES string of the molecule is CCCCOc1ccc(C=c2sc3n(c2=O)C(c2ccccc2)C(C(=O)OC)=C(C)N=3)cc1OCC. The van der Waals surface area contributed by atoms with Gasteiger partial charge >= 0.3 is 5.97 Å². The zero-order chi connectivity index (χ0) is 25.7. The van der Waals surface area contributed by atoms with Crippen molar-refractivity contribution in [2.75, 3.05) is 20.3 Å². The summed E-state index contributed by atoms with van der Waals surface area (Å²) in [5.41, 5.74) is 2.30. The van der Waals surface area contributed by atoms with Crippen LogP contribution in [0.2, 0.25) is 0 Å². The first-order chi connectivity index (χ1) is 17.5. The summed E-state index contributed by atoms with van der Waals surface area (Å²) in [6.07, 6.45) is 3.83. The summed E-state index contributed by atoms with van der Waals surface area (Å²) in [7, 11) is 1.33. The first-order valence-corrected chi connectivity index (χ1v) is 12.9. The normalized spacial score (nSPS) is 15.3. The van der Waals surface area contributed by atoms with Crippen LogP contribution in [0.4, 0.5) is 0 Å². The standard InChI is InChI=1S/C28H30N2O5S/c1-5-7-15-35-21-14-13-19(16-22(21)34-6-2)17-23-26(31)30-25(20-11-9-8-10-12-20)24(27(32)33-4)18(3)29-28(30)36-23/h8-14,16-17,25H,5-7,15H2,1-4H3. The lowest BCUT2D eigenvalue weighted by molar-refractivity contribution is -0.136. The van der Waals surface area contributed by atoms with E-state index in [1.165, 1.54) is 18.4 Å². The van der Waals surface area contributed by atoms with E-state index in [4.69, 9.17) is 14.2 Å². The maximum atomic E-state index is 13.7. The molecule has 1 unspecified atom stereocenters. The molecule has 0 fully saturated rings. The van der Waals surface area contributed by atoms with E-state index in [2.05, 4.69) is 11.9 Å². The summed E-state index contributed by atoms with van der Waals surface area (Å²) in [4.78, 5) is 31.5.